The van der Waals surface area contributed by atoms with Crippen LogP contribution in [-0.4, -0.2) is 16.9 Å². The zero-order valence-corrected chi connectivity index (χ0v) is 13.8. The fourth-order valence-electron chi connectivity index (χ4n) is 2.08. The number of nitrogens with one attached hydrogen (secondary N) is 3. The molecule has 6 nitrogen and oxygen atoms in total. The number of amides is 3. The maximum absolute atomic E-state index is 12.0. The lowest BCUT2D eigenvalue weighted by atomic mass is 10.3. The number of benzene rings is 2. The van der Waals surface area contributed by atoms with E-state index in [-0.39, 0.29) is 11.9 Å². The molecule has 122 valence electrons. The van der Waals surface area contributed by atoms with Crippen LogP contribution in [0.5, 0.6) is 0 Å². The molecule has 0 fully saturated rings. The number of anilines is 3. The highest BCUT2D eigenvalue weighted by atomic mass is 32.1. The van der Waals surface area contributed by atoms with Gasteiger partial charge in [0.15, 0.2) is 5.13 Å². The summed E-state index contributed by atoms with van der Waals surface area (Å²) in [5.74, 6) is -0.0744. The third kappa shape index (κ3) is 3.88. The van der Waals surface area contributed by atoms with Crippen molar-refractivity contribution in [1.29, 1.82) is 0 Å². The second kappa shape index (κ2) is 7.10. The van der Waals surface area contributed by atoms with E-state index in [2.05, 4.69) is 20.9 Å². The molecular formula is C17H16N4O2S. The molecule has 3 rings (SSSR count). The van der Waals surface area contributed by atoms with Gasteiger partial charge in [0.25, 0.3) is 0 Å². The Hall–Kier alpha value is -2.93. The Morgan fingerprint density at radius 3 is 2.50 bits per heavy atom. The lowest BCUT2D eigenvalue weighted by molar-refractivity contribution is -0.115. The molecule has 0 atom stereocenters. The summed E-state index contributed by atoms with van der Waals surface area (Å²) >= 11 is 1.37. The van der Waals surface area contributed by atoms with Gasteiger partial charge in [-0.05, 0) is 30.3 Å². The largest absolute Gasteiger partial charge is 0.323 e. The molecule has 3 amide bonds. The van der Waals surface area contributed by atoms with Crippen molar-refractivity contribution in [3.8, 4) is 0 Å². The highest BCUT2D eigenvalue weighted by Gasteiger charge is 2.08. The van der Waals surface area contributed by atoms with Crippen molar-refractivity contribution in [3.05, 3.63) is 48.5 Å². The summed E-state index contributed by atoms with van der Waals surface area (Å²) < 4.78 is 0.888. The van der Waals surface area contributed by atoms with Gasteiger partial charge in [-0.3, -0.25) is 4.79 Å². The van der Waals surface area contributed by atoms with Crippen LogP contribution in [0.15, 0.2) is 48.5 Å². The number of para-hydroxylation sites is 1. The van der Waals surface area contributed by atoms with Crippen LogP contribution in [0.4, 0.5) is 21.3 Å². The molecule has 2 aromatic carbocycles. The van der Waals surface area contributed by atoms with E-state index in [1.165, 1.54) is 11.3 Å². The van der Waals surface area contributed by atoms with Crippen LogP contribution in [-0.2, 0) is 4.79 Å². The van der Waals surface area contributed by atoms with Crippen LogP contribution in [0.3, 0.4) is 0 Å². The molecular weight excluding hydrogens is 324 g/mol. The van der Waals surface area contributed by atoms with E-state index in [0.717, 1.165) is 15.9 Å². The number of fused-ring (bicyclic) bond motifs is 1. The second-order valence-corrected chi connectivity index (χ2v) is 6.08. The van der Waals surface area contributed by atoms with E-state index < -0.39 is 0 Å². The number of nitrogens with zero attached hydrogens (tertiary/aromatic N) is 1. The molecule has 0 saturated carbocycles. The highest BCUT2D eigenvalue weighted by molar-refractivity contribution is 7.22. The Morgan fingerprint density at radius 2 is 1.75 bits per heavy atom. The van der Waals surface area contributed by atoms with Crippen molar-refractivity contribution >= 4 is 50.0 Å². The summed E-state index contributed by atoms with van der Waals surface area (Å²) in [5.41, 5.74) is 2.16. The van der Waals surface area contributed by atoms with E-state index in [1.54, 1.807) is 13.0 Å². The first-order valence-electron chi connectivity index (χ1n) is 7.47. The molecule has 24 heavy (non-hydrogen) atoms. The number of hydrogen-bond donors (Lipinski definition) is 3. The molecule has 1 aromatic heterocycles. The summed E-state index contributed by atoms with van der Waals surface area (Å²) in [5, 5.41) is 8.84. The van der Waals surface area contributed by atoms with Crippen LogP contribution >= 0.6 is 11.3 Å². The quantitative estimate of drug-likeness (QED) is 0.662. The van der Waals surface area contributed by atoms with Gasteiger partial charge in [-0.15, -0.1) is 0 Å². The van der Waals surface area contributed by atoms with Gasteiger partial charge in [-0.1, -0.05) is 36.5 Å². The molecule has 0 aliphatic heterocycles. The minimum Gasteiger partial charge on any atom is -0.308 e. The van der Waals surface area contributed by atoms with Crippen molar-refractivity contribution in [2.24, 2.45) is 0 Å². The van der Waals surface area contributed by atoms with E-state index in [4.69, 9.17) is 0 Å². The highest BCUT2D eigenvalue weighted by Crippen LogP contribution is 2.28. The van der Waals surface area contributed by atoms with Crippen LogP contribution < -0.4 is 16.0 Å². The molecule has 0 spiro atoms. The number of rotatable bonds is 4. The van der Waals surface area contributed by atoms with Crippen LogP contribution in [0, 0.1) is 0 Å². The second-order valence-electron chi connectivity index (χ2n) is 5.05. The molecule has 0 aliphatic carbocycles. The number of carbonyl (C=O) groups excluding carboxylic acids is 2. The van der Waals surface area contributed by atoms with Gasteiger partial charge in [0.2, 0.25) is 5.91 Å². The average molecular weight is 340 g/mol. The smallest absolute Gasteiger partial charge is 0.308 e. The number of thiazole rings is 1. The first-order chi connectivity index (χ1) is 11.6. The number of aromatic nitrogens is 1. The molecule has 0 bridgehead atoms. The van der Waals surface area contributed by atoms with Gasteiger partial charge in [0.1, 0.15) is 0 Å². The first kappa shape index (κ1) is 15.9. The summed E-state index contributed by atoms with van der Waals surface area (Å²) in [6.07, 6.45) is 0.405. The number of urea groups is 1. The van der Waals surface area contributed by atoms with Crippen LogP contribution in [0.2, 0.25) is 0 Å². The molecule has 3 N–H and O–H groups in total. The summed E-state index contributed by atoms with van der Waals surface area (Å²) in [6, 6.07) is 14.3. The first-order valence-corrected chi connectivity index (χ1v) is 8.29. The van der Waals surface area contributed by atoms with Gasteiger partial charge in [-0.25, -0.2) is 9.78 Å². The van der Waals surface area contributed by atoms with E-state index in [9.17, 15) is 9.59 Å². The van der Waals surface area contributed by atoms with Crippen LogP contribution in [0.25, 0.3) is 10.2 Å². The number of hydrogen-bond acceptors (Lipinski definition) is 4. The maximum atomic E-state index is 12.0. The fourth-order valence-corrected chi connectivity index (χ4v) is 3.00. The van der Waals surface area contributed by atoms with Crippen molar-refractivity contribution < 1.29 is 9.59 Å². The third-order valence-corrected chi connectivity index (χ3v) is 4.18. The zero-order valence-electron chi connectivity index (χ0n) is 13.0. The molecule has 0 aliphatic rings. The Morgan fingerprint density at radius 1 is 1.00 bits per heavy atom. The van der Waals surface area contributed by atoms with Crippen LogP contribution in [0.1, 0.15) is 13.3 Å². The molecule has 1 heterocycles. The SMILES string of the molecule is CCC(=O)Nc1nc2ccc(NC(=O)Nc3ccccc3)cc2s1. The lowest BCUT2D eigenvalue weighted by Crippen LogP contribution is -2.19. The summed E-state index contributed by atoms with van der Waals surface area (Å²) in [6.45, 7) is 1.79. The average Bonchev–Trinajstić information content (AvgIpc) is 2.97. The van der Waals surface area contributed by atoms with Gasteiger partial charge in [-0.2, -0.15) is 0 Å². The van der Waals surface area contributed by atoms with E-state index in [1.807, 2.05) is 42.5 Å². The van der Waals surface area contributed by atoms with Gasteiger partial charge in [0, 0.05) is 17.8 Å². The fraction of sp³-hybridized carbons (Fsp3) is 0.118. The monoisotopic (exact) mass is 340 g/mol. The minimum atomic E-state index is -0.315. The zero-order chi connectivity index (χ0) is 16.9. The lowest BCUT2D eigenvalue weighted by Gasteiger charge is -2.07. The van der Waals surface area contributed by atoms with Crippen molar-refractivity contribution in [2.45, 2.75) is 13.3 Å². The van der Waals surface area contributed by atoms with Gasteiger partial charge in [0.05, 0.1) is 10.2 Å². The molecule has 3 aromatic rings. The normalized spacial score (nSPS) is 10.4. The van der Waals surface area contributed by atoms with Crippen molar-refractivity contribution in [1.82, 2.24) is 4.98 Å². The van der Waals surface area contributed by atoms with E-state index in [0.29, 0.717) is 17.2 Å². The van der Waals surface area contributed by atoms with E-state index >= 15 is 0 Å². The third-order valence-electron chi connectivity index (χ3n) is 3.25. The number of carbonyl (C=O) groups is 2. The Bertz CT molecular complexity index is 877. The molecule has 0 saturated heterocycles. The van der Waals surface area contributed by atoms with Gasteiger partial charge < -0.3 is 16.0 Å². The Labute approximate surface area is 142 Å². The molecule has 0 unspecified atom stereocenters. The van der Waals surface area contributed by atoms with Crippen molar-refractivity contribution in [2.75, 3.05) is 16.0 Å². The van der Waals surface area contributed by atoms with Crippen molar-refractivity contribution in [3.63, 3.8) is 0 Å². The summed E-state index contributed by atoms with van der Waals surface area (Å²) in [7, 11) is 0. The minimum absolute atomic E-state index is 0.0744. The Kier molecular flexibility index (Phi) is 4.72. The molecule has 7 heteroatoms. The summed E-state index contributed by atoms with van der Waals surface area (Å²) in [4.78, 5) is 27.8. The standard InChI is InChI=1S/C17H16N4O2S/c1-2-15(22)21-17-20-13-9-8-12(10-14(13)24-17)19-16(23)18-11-6-4-3-5-7-11/h3-10H,2H2,1H3,(H2,18,19,23)(H,20,21,22). The maximum Gasteiger partial charge on any atom is 0.323 e. The molecule has 0 radical (unpaired) electrons. The topological polar surface area (TPSA) is 83.1 Å². The Balaban J connectivity index is 1.71. The predicted octanol–water partition coefficient (Wildman–Crippen LogP) is 4.29. The predicted molar refractivity (Wildman–Crippen MR) is 97.6 cm³/mol. The van der Waals surface area contributed by atoms with Gasteiger partial charge >= 0.3 is 6.03 Å².